The summed E-state index contributed by atoms with van der Waals surface area (Å²) >= 11 is 7.83. The molecule has 132 valence electrons. The van der Waals surface area contributed by atoms with Gasteiger partial charge in [0.15, 0.2) is 0 Å². The zero-order chi connectivity index (χ0) is 18.1. The van der Waals surface area contributed by atoms with Crippen LogP contribution in [0.15, 0.2) is 60.8 Å². The maximum absolute atomic E-state index is 12.7. The number of carbonyl (C=O) groups excluding carboxylic acids is 1. The number of halogens is 1. The van der Waals surface area contributed by atoms with Gasteiger partial charge in [0, 0.05) is 23.0 Å². The lowest BCUT2D eigenvalue weighted by Crippen LogP contribution is -2.43. The number of aromatic nitrogens is 1. The molecule has 6 heteroatoms. The fraction of sp³-hybridized carbons (Fsp3) is 0.200. The topological polar surface area (TPSA) is 42.4 Å². The van der Waals surface area contributed by atoms with Crippen molar-refractivity contribution in [1.29, 1.82) is 0 Å². The summed E-state index contributed by atoms with van der Waals surface area (Å²) in [5.74, 6) is 0. The summed E-state index contributed by atoms with van der Waals surface area (Å²) in [5, 5.41) is 1.58. The first-order valence-electron chi connectivity index (χ1n) is 8.28. The number of benzene rings is 1. The van der Waals surface area contributed by atoms with Crippen LogP contribution >= 0.6 is 22.9 Å². The molecule has 4 rings (SSSR count). The van der Waals surface area contributed by atoms with E-state index in [1.54, 1.807) is 28.5 Å². The minimum absolute atomic E-state index is 0.256. The molecule has 1 aliphatic heterocycles. The molecule has 1 atom stereocenters. The van der Waals surface area contributed by atoms with Crippen LogP contribution in [-0.2, 0) is 16.9 Å². The Bertz CT molecular complexity index is 986. The number of rotatable bonds is 3. The van der Waals surface area contributed by atoms with Gasteiger partial charge in [-0.3, -0.25) is 4.90 Å². The Morgan fingerprint density at radius 3 is 2.92 bits per heavy atom. The van der Waals surface area contributed by atoms with E-state index in [-0.39, 0.29) is 12.7 Å². The van der Waals surface area contributed by atoms with Gasteiger partial charge in [-0.05, 0) is 24.6 Å². The first-order valence-corrected chi connectivity index (χ1v) is 9.48. The maximum Gasteiger partial charge on any atom is 0.411 e. The van der Waals surface area contributed by atoms with Crippen LogP contribution in [0.1, 0.15) is 17.4 Å². The van der Waals surface area contributed by atoms with E-state index in [0.717, 1.165) is 20.7 Å². The molecule has 0 aliphatic carbocycles. The average Bonchev–Trinajstić information content (AvgIpc) is 3.26. The van der Waals surface area contributed by atoms with E-state index in [2.05, 4.69) is 4.98 Å². The quantitative estimate of drug-likeness (QED) is 0.570. The van der Waals surface area contributed by atoms with Gasteiger partial charge in [-0.25, -0.2) is 9.78 Å². The average molecular weight is 385 g/mol. The van der Waals surface area contributed by atoms with Crippen molar-refractivity contribution in [3.63, 3.8) is 0 Å². The second-order valence-electron chi connectivity index (χ2n) is 6.32. The molecule has 0 radical (unpaired) electrons. The fourth-order valence-electron chi connectivity index (χ4n) is 3.10. The molecule has 26 heavy (non-hydrogen) atoms. The summed E-state index contributed by atoms with van der Waals surface area (Å²) in [7, 11) is 0. The van der Waals surface area contributed by atoms with Crippen molar-refractivity contribution in [2.75, 3.05) is 6.54 Å². The Morgan fingerprint density at radius 1 is 1.35 bits per heavy atom. The smallest absolute Gasteiger partial charge is 0.411 e. The molecule has 3 aromatic rings. The molecular weight excluding hydrogens is 368 g/mol. The van der Waals surface area contributed by atoms with Crippen LogP contribution in [0.25, 0.3) is 10.2 Å². The molecule has 0 bridgehead atoms. The van der Waals surface area contributed by atoms with Gasteiger partial charge >= 0.3 is 6.09 Å². The lowest BCUT2D eigenvalue weighted by atomic mass is 10.00. The first-order chi connectivity index (χ1) is 12.6. The molecule has 1 amide bonds. The van der Waals surface area contributed by atoms with Gasteiger partial charge in [0.2, 0.25) is 0 Å². The second-order valence-corrected chi connectivity index (χ2v) is 7.76. The summed E-state index contributed by atoms with van der Waals surface area (Å²) in [5.41, 5.74) is 0.398. The van der Waals surface area contributed by atoms with Crippen LogP contribution in [-0.4, -0.2) is 22.5 Å². The van der Waals surface area contributed by atoms with Gasteiger partial charge in [-0.1, -0.05) is 54.1 Å². The van der Waals surface area contributed by atoms with Gasteiger partial charge in [-0.2, -0.15) is 0 Å². The number of amides is 1. The van der Waals surface area contributed by atoms with Crippen LogP contribution < -0.4 is 0 Å². The van der Waals surface area contributed by atoms with Gasteiger partial charge in [-0.15, -0.1) is 11.3 Å². The number of fused-ring (bicyclic) bond motifs is 1. The monoisotopic (exact) mass is 384 g/mol. The fourth-order valence-corrected chi connectivity index (χ4v) is 4.52. The van der Waals surface area contributed by atoms with Crippen molar-refractivity contribution in [2.45, 2.75) is 19.1 Å². The summed E-state index contributed by atoms with van der Waals surface area (Å²) in [6.45, 7) is 2.78. The minimum Gasteiger partial charge on any atom is -0.445 e. The minimum atomic E-state index is -0.567. The third-order valence-electron chi connectivity index (χ3n) is 4.60. The van der Waals surface area contributed by atoms with Crippen LogP contribution in [0.2, 0.25) is 5.02 Å². The Hall–Kier alpha value is -2.37. The molecule has 1 unspecified atom stereocenters. The predicted molar refractivity (Wildman–Crippen MR) is 104 cm³/mol. The molecule has 1 aromatic carbocycles. The molecule has 0 N–H and O–H groups in total. The molecule has 0 spiro atoms. The summed E-state index contributed by atoms with van der Waals surface area (Å²) in [6.07, 6.45) is 5.39. The predicted octanol–water partition coefficient (Wildman–Crippen LogP) is 5.37. The van der Waals surface area contributed by atoms with Gasteiger partial charge < -0.3 is 4.74 Å². The molecule has 1 aliphatic rings. The Balaban J connectivity index is 1.58. The molecule has 0 saturated heterocycles. The standard InChI is InChI=1S/C20H17ClN2O2S/c1-20(17-12-15-16(21)8-10-22-18(15)26-17)9-5-11-23(20)19(24)25-13-14-6-3-2-4-7-14/h2-10,12H,11,13H2,1H3. The number of carbonyl (C=O) groups is 1. The molecule has 0 fully saturated rings. The van der Waals surface area contributed by atoms with E-state index in [4.69, 9.17) is 16.3 Å². The van der Waals surface area contributed by atoms with Crippen molar-refractivity contribution in [3.8, 4) is 0 Å². The number of ether oxygens (including phenoxy) is 1. The summed E-state index contributed by atoms with van der Waals surface area (Å²) < 4.78 is 5.54. The van der Waals surface area contributed by atoms with Crippen LogP contribution in [0, 0.1) is 0 Å². The summed E-state index contributed by atoms with van der Waals surface area (Å²) in [4.78, 5) is 20.7. The molecule has 3 heterocycles. The molecule has 2 aromatic heterocycles. The maximum atomic E-state index is 12.7. The van der Waals surface area contributed by atoms with Crippen molar-refractivity contribution >= 4 is 39.2 Å². The Labute approximate surface area is 160 Å². The number of hydrogen-bond donors (Lipinski definition) is 0. The number of pyridine rings is 1. The van der Waals surface area contributed by atoms with Crippen molar-refractivity contribution in [3.05, 3.63) is 76.3 Å². The Morgan fingerprint density at radius 2 is 2.15 bits per heavy atom. The third kappa shape index (κ3) is 2.97. The number of nitrogens with zero attached hydrogens (tertiary/aromatic N) is 2. The van der Waals surface area contributed by atoms with E-state index < -0.39 is 5.54 Å². The number of thiophene rings is 1. The lowest BCUT2D eigenvalue weighted by Gasteiger charge is -2.33. The normalized spacial score (nSPS) is 19.2. The van der Waals surface area contributed by atoms with Crippen molar-refractivity contribution < 1.29 is 9.53 Å². The lowest BCUT2D eigenvalue weighted by molar-refractivity contribution is 0.0770. The van der Waals surface area contributed by atoms with Gasteiger partial charge in [0.1, 0.15) is 11.4 Å². The largest absolute Gasteiger partial charge is 0.445 e. The highest BCUT2D eigenvalue weighted by Crippen LogP contribution is 2.41. The zero-order valence-corrected chi connectivity index (χ0v) is 15.8. The summed E-state index contributed by atoms with van der Waals surface area (Å²) in [6, 6.07) is 13.5. The van der Waals surface area contributed by atoms with Gasteiger partial charge in [0.25, 0.3) is 0 Å². The Kier molecular flexibility index (Phi) is 4.42. The highest BCUT2D eigenvalue weighted by atomic mass is 35.5. The SMILES string of the molecule is CC1(c2cc3c(Cl)ccnc3s2)C=CCN1C(=O)OCc1ccccc1. The molecule has 0 saturated carbocycles. The number of hydrogen-bond acceptors (Lipinski definition) is 4. The van der Waals surface area contributed by atoms with Gasteiger partial charge in [0.05, 0.1) is 10.6 Å². The van der Waals surface area contributed by atoms with Crippen LogP contribution in [0.3, 0.4) is 0 Å². The van der Waals surface area contributed by atoms with E-state index in [9.17, 15) is 4.79 Å². The van der Waals surface area contributed by atoms with E-state index in [0.29, 0.717) is 11.6 Å². The van der Waals surface area contributed by atoms with E-state index >= 15 is 0 Å². The van der Waals surface area contributed by atoms with Crippen molar-refractivity contribution in [2.24, 2.45) is 0 Å². The van der Waals surface area contributed by atoms with Crippen molar-refractivity contribution in [1.82, 2.24) is 9.88 Å². The highest BCUT2D eigenvalue weighted by molar-refractivity contribution is 7.18. The second kappa shape index (κ2) is 6.74. The van der Waals surface area contributed by atoms with Crippen LogP contribution in [0.5, 0.6) is 0 Å². The molecule has 4 nitrogen and oxygen atoms in total. The van der Waals surface area contributed by atoms with E-state index in [1.165, 1.54) is 0 Å². The van der Waals surface area contributed by atoms with Crippen LogP contribution in [0.4, 0.5) is 4.79 Å². The first kappa shape index (κ1) is 17.1. The molecular formula is C20H17ClN2O2S. The highest BCUT2D eigenvalue weighted by Gasteiger charge is 2.40. The van der Waals surface area contributed by atoms with E-state index in [1.807, 2.05) is 55.5 Å². The zero-order valence-electron chi connectivity index (χ0n) is 14.2. The third-order valence-corrected chi connectivity index (χ3v) is 6.20.